The highest BCUT2D eigenvalue weighted by molar-refractivity contribution is 5.63. The van der Waals surface area contributed by atoms with Crippen LogP contribution in [0.25, 0.3) is 0 Å². The molecule has 2 rings (SSSR count). The van der Waals surface area contributed by atoms with Gasteiger partial charge in [0.1, 0.15) is 11.4 Å². The maximum atomic E-state index is 12.5. The van der Waals surface area contributed by atoms with E-state index in [1.807, 2.05) is 12.1 Å². The fraction of sp³-hybridized carbons (Fsp3) is 0.571. The average molecular weight is 267 g/mol. The lowest BCUT2D eigenvalue weighted by Crippen LogP contribution is -2.48. The normalized spacial score (nSPS) is 16.8. The molecule has 1 aliphatic heterocycles. The van der Waals surface area contributed by atoms with Crippen molar-refractivity contribution in [2.75, 3.05) is 43.7 Å². The van der Waals surface area contributed by atoms with E-state index in [1.165, 1.54) is 0 Å². The lowest BCUT2D eigenvalue weighted by molar-refractivity contribution is 0.209. The third kappa shape index (κ3) is 3.10. The third-order valence-corrected chi connectivity index (χ3v) is 3.70. The molecule has 106 valence electrons. The molecule has 1 N–H and O–H groups in total. The van der Waals surface area contributed by atoms with E-state index in [1.54, 1.807) is 18.7 Å². The zero-order valence-corrected chi connectivity index (χ0v) is 11.8. The Kier molecular flexibility index (Phi) is 4.47. The lowest BCUT2D eigenvalue weighted by atomic mass is 10.2. The van der Waals surface area contributed by atoms with Crippen LogP contribution >= 0.6 is 0 Å². The topological polar surface area (TPSA) is 27.7 Å². The summed E-state index contributed by atoms with van der Waals surface area (Å²) in [5.74, 6) is 0.534. The van der Waals surface area contributed by atoms with Gasteiger partial charge in [0.2, 0.25) is 0 Å². The van der Waals surface area contributed by atoms with Crippen LogP contribution in [0.5, 0.6) is 5.75 Å². The first kappa shape index (κ1) is 13.9. The van der Waals surface area contributed by atoms with Gasteiger partial charge in [0.05, 0.1) is 7.11 Å². The van der Waals surface area contributed by atoms with Gasteiger partial charge in [0.15, 0.2) is 0 Å². The summed E-state index contributed by atoms with van der Waals surface area (Å²) >= 11 is 0. The highest BCUT2D eigenvalue weighted by atomic mass is 19.2. The molecule has 0 aromatic heterocycles. The molecule has 1 fully saturated rings. The zero-order chi connectivity index (χ0) is 13.8. The smallest absolute Gasteiger partial charge is 0.146 e. The molecule has 0 aliphatic carbocycles. The van der Waals surface area contributed by atoms with Crippen LogP contribution in [0.1, 0.15) is 13.8 Å². The van der Waals surface area contributed by atoms with Gasteiger partial charge in [-0.2, -0.15) is 0 Å². The van der Waals surface area contributed by atoms with Crippen molar-refractivity contribution in [3.05, 3.63) is 18.2 Å². The monoisotopic (exact) mass is 267 g/mol. The number of nitrogens with one attached hydrogen (secondary N) is 1. The van der Waals surface area contributed by atoms with Gasteiger partial charge in [-0.25, -0.2) is 5.54 Å². The first-order valence-corrected chi connectivity index (χ1v) is 6.69. The SMILES string of the molecule is COc1cc(N2CCN(C(C)C)CC2)ccc1NF. The van der Waals surface area contributed by atoms with Gasteiger partial charge < -0.3 is 9.64 Å². The first-order valence-electron chi connectivity index (χ1n) is 6.69. The van der Waals surface area contributed by atoms with Crippen molar-refractivity contribution >= 4 is 11.4 Å². The lowest BCUT2D eigenvalue weighted by Gasteiger charge is -2.38. The Morgan fingerprint density at radius 1 is 1.21 bits per heavy atom. The molecule has 1 aliphatic rings. The summed E-state index contributed by atoms with van der Waals surface area (Å²) in [6.45, 7) is 8.54. The maximum absolute atomic E-state index is 12.5. The number of rotatable bonds is 4. The van der Waals surface area contributed by atoms with Crippen LogP contribution in [0.4, 0.5) is 15.9 Å². The molecule has 1 heterocycles. The Morgan fingerprint density at radius 3 is 2.42 bits per heavy atom. The molecular formula is C14H22FN3O. The Hall–Kier alpha value is -1.49. The Morgan fingerprint density at radius 2 is 1.89 bits per heavy atom. The minimum absolute atomic E-state index is 0.368. The number of anilines is 2. The Balaban J connectivity index is 2.07. The molecule has 0 saturated carbocycles. The quantitative estimate of drug-likeness (QED) is 0.848. The second-order valence-electron chi connectivity index (χ2n) is 5.10. The molecule has 0 spiro atoms. The minimum atomic E-state index is 0.368. The highest BCUT2D eigenvalue weighted by Gasteiger charge is 2.19. The summed E-state index contributed by atoms with van der Waals surface area (Å²) in [7, 11) is 1.55. The van der Waals surface area contributed by atoms with Crippen LogP contribution in [-0.2, 0) is 0 Å². The van der Waals surface area contributed by atoms with Crippen molar-refractivity contribution < 1.29 is 9.22 Å². The summed E-state index contributed by atoms with van der Waals surface area (Å²) < 4.78 is 17.7. The second-order valence-corrected chi connectivity index (χ2v) is 5.10. The maximum Gasteiger partial charge on any atom is 0.146 e. The van der Waals surface area contributed by atoms with E-state index < -0.39 is 0 Å². The van der Waals surface area contributed by atoms with E-state index >= 15 is 0 Å². The summed E-state index contributed by atoms with van der Waals surface area (Å²) in [5.41, 5.74) is 3.10. The Labute approximate surface area is 114 Å². The van der Waals surface area contributed by atoms with Gasteiger partial charge in [-0.05, 0) is 26.0 Å². The van der Waals surface area contributed by atoms with Crippen LogP contribution in [0.3, 0.4) is 0 Å². The molecule has 0 radical (unpaired) electrons. The van der Waals surface area contributed by atoms with Crippen LogP contribution < -0.4 is 15.2 Å². The molecular weight excluding hydrogens is 245 g/mol. The third-order valence-electron chi connectivity index (χ3n) is 3.70. The molecule has 19 heavy (non-hydrogen) atoms. The fourth-order valence-corrected chi connectivity index (χ4v) is 2.45. The van der Waals surface area contributed by atoms with E-state index in [-0.39, 0.29) is 0 Å². The number of hydrogen-bond donors (Lipinski definition) is 1. The highest BCUT2D eigenvalue weighted by Crippen LogP contribution is 2.30. The number of hydrogen-bond acceptors (Lipinski definition) is 4. The zero-order valence-electron chi connectivity index (χ0n) is 11.8. The molecule has 0 amide bonds. The summed E-state index contributed by atoms with van der Waals surface area (Å²) in [4.78, 5) is 4.77. The molecule has 1 saturated heterocycles. The van der Waals surface area contributed by atoms with Crippen molar-refractivity contribution in [1.82, 2.24) is 4.90 Å². The molecule has 0 atom stereocenters. The number of halogens is 1. The minimum Gasteiger partial charge on any atom is -0.494 e. The van der Waals surface area contributed by atoms with E-state index in [4.69, 9.17) is 4.74 Å². The van der Waals surface area contributed by atoms with Crippen molar-refractivity contribution in [3.8, 4) is 5.75 Å². The van der Waals surface area contributed by atoms with E-state index in [0.717, 1.165) is 31.9 Å². The molecule has 0 bridgehead atoms. The number of benzene rings is 1. The van der Waals surface area contributed by atoms with Gasteiger partial charge >= 0.3 is 0 Å². The van der Waals surface area contributed by atoms with Crippen LogP contribution in [0.15, 0.2) is 18.2 Å². The molecule has 0 unspecified atom stereocenters. The number of nitrogens with zero attached hydrogens (tertiary/aromatic N) is 2. The van der Waals surface area contributed by atoms with Gasteiger partial charge in [-0.3, -0.25) is 4.90 Å². The summed E-state index contributed by atoms with van der Waals surface area (Å²) in [5, 5.41) is 0. The van der Waals surface area contributed by atoms with Gasteiger partial charge in [-0.15, -0.1) is 4.48 Å². The first-order chi connectivity index (χ1) is 9.15. The number of piperazine rings is 1. The van der Waals surface area contributed by atoms with Gasteiger partial charge in [0.25, 0.3) is 0 Å². The van der Waals surface area contributed by atoms with Gasteiger partial charge in [-0.1, -0.05) is 0 Å². The van der Waals surface area contributed by atoms with Crippen molar-refractivity contribution in [2.45, 2.75) is 19.9 Å². The molecule has 1 aromatic carbocycles. The van der Waals surface area contributed by atoms with E-state index in [2.05, 4.69) is 23.6 Å². The van der Waals surface area contributed by atoms with E-state index in [9.17, 15) is 4.48 Å². The number of methoxy groups -OCH3 is 1. The summed E-state index contributed by atoms with van der Waals surface area (Å²) in [6, 6.07) is 6.11. The van der Waals surface area contributed by atoms with Crippen molar-refractivity contribution in [1.29, 1.82) is 0 Å². The predicted octanol–water partition coefficient (Wildman–Crippen LogP) is 2.52. The average Bonchev–Trinajstić information content (AvgIpc) is 2.46. The van der Waals surface area contributed by atoms with Crippen molar-refractivity contribution in [3.63, 3.8) is 0 Å². The molecule has 4 nitrogen and oxygen atoms in total. The van der Waals surface area contributed by atoms with Gasteiger partial charge in [0, 0.05) is 44.0 Å². The number of ether oxygens (including phenoxy) is 1. The van der Waals surface area contributed by atoms with Crippen LogP contribution in [0, 0.1) is 0 Å². The summed E-state index contributed by atoms with van der Waals surface area (Å²) in [6.07, 6.45) is 0. The Bertz CT molecular complexity index is 417. The fourth-order valence-electron chi connectivity index (χ4n) is 2.45. The second kappa shape index (κ2) is 6.10. The molecule has 1 aromatic rings. The predicted molar refractivity (Wildman–Crippen MR) is 76.6 cm³/mol. The van der Waals surface area contributed by atoms with Crippen LogP contribution in [-0.4, -0.2) is 44.2 Å². The van der Waals surface area contributed by atoms with E-state index in [0.29, 0.717) is 17.5 Å². The van der Waals surface area contributed by atoms with Crippen LogP contribution in [0.2, 0.25) is 0 Å². The molecule has 5 heteroatoms. The standard InChI is InChI=1S/C14H22FN3O/c1-11(2)17-6-8-18(9-7-17)12-4-5-13(16-15)14(10-12)19-3/h4-5,10-11,16H,6-9H2,1-3H3. The largest absolute Gasteiger partial charge is 0.494 e. The van der Waals surface area contributed by atoms with Crippen molar-refractivity contribution in [2.24, 2.45) is 0 Å².